The van der Waals surface area contributed by atoms with Gasteiger partial charge in [-0.25, -0.2) is 0 Å². The molecule has 0 aromatic carbocycles. The average Bonchev–Trinajstić information content (AvgIpc) is 2.13. The van der Waals surface area contributed by atoms with Gasteiger partial charge in [0.1, 0.15) is 16.2 Å². The summed E-state index contributed by atoms with van der Waals surface area (Å²) in [7, 11) is 1.58. The number of rotatable bonds is 0. The average molecular weight is 262 g/mol. The second kappa shape index (κ2) is 3.52. The lowest BCUT2D eigenvalue weighted by Crippen LogP contribution is -2.21. The molecule has 1 rings (SSSR count). The fourth-order valence-corrected chi connectivity index (χ4v) is 1.75. The minimum Gasteiger partial charge on any atom is -0.304 e. The van der Waals surface area contributed by atoms with Gasteiger partial charge in [-0.2, -0.15) is 5.26 Å². The molecule has 68 valence electrons. The molecule has 0 N–H and O–H groups in total. The van der Waals surface area contributed by atoms with Crippen LogP contribution in [-0.2, 0) is 7.05 Å². The van der Waals surface area contributed by atoms with Crippen molar-refractivity contribution in [3.05, 3.63) is 31.1 Å². The predicted molar refractivity (Wildman–Crippen MR) is 53.8 cm³/mol. The highest BCUT2D eigenvalue weighted by Gasteiger charge is 2.13. The molecule has 1 aromatic heterocycles. The lowest BCUT2D eigenvalue weighted by Gasteiger charge is -2.07. The Morgan fingerprint density at radius 1 is 1.62 bits per heavy atom. The van der Waals surface area contributed by atoms with Gasteiger partial charge < -0.3 is 4.57 Å². The van der Waals surface area contributed by atoms with E-state index in [9.17, 15) is 4.79 Å². The largest absolute Gasteiger partial charge is 0.304 e. The fraction of sp³-hybridized carbons (Fsp3) is 0.250. The Bertz CT molecular complexity index is 426. The number of halogens is 2. The van der Waals surface area contributed by atoms with Gasteiger partial charge in [0.25, 0.3) is 5.56 Å². The highest BCUT2D eigenvalue weighted by atomic mass is 79.9. The SMILES string of the molecule is Cc1c(Cl)c(C#N)c(Br)n(C)c1=O. The van der Waals surface area contributed by atoms with E-state index in [1.807, 2.05) is 6.07 Å². The molecule has 1 heterocycles. The van der Waals surface area contributed by atoms with Gasteiger partial charge in [0.2, 0.25) is 0 Å². The molecule has 0 spiro atoms. The van der Waals surface area contributed by atoms with Crippen LogP contribution >= 0.6 is 27.5 Å². The van der Waals surface area contributed by atoms with Crippen molar-refractivity contribution >= 4 is 27.5 Å². The van der Waals surface area contributed by atoms with Crippen LogP contribution in [0.4, 0.5) is 0 Å². The van der Waals surface area contributed by atoms with E-state index in [1.165, 1.54) is 4.57 Å². The molecule has 13 heavy (non-hydrogen) atoms. The molecule has 0 unspecified atom stereocenters. The van der Waals surface area contributed by atoms with Crippen molar-refractivity contribution < 1.29 is 0 Å². The number of pyridine rings is 1. The fourth-order valence-electron chi connectivity index (χ4n) is 0.976. The summed E-state index contributed by atoms with van der Waals surface area (Å²) in [6.07, 6.45) is 0. The van der Waals surface area contributed by atoms with Crippen molar-refractivity contribution in [2.24, 2.45) is 7.05 Å². The third kappa shape index (κ3) is 1.50. The van der Waals surface area contributed by atoms with Gasteiger partial charge in [0.05, 0.1) is 5.02 Å². The van der Waals surface area contributed by atoms with Crippen molar-refractivity contribution in [1.29, 1.82) is 5.26 Å². The molecule has 3 nitrogen and oxygen atoms in total. The second-order valence-electron chi connectivity index (χ2n) is 2.58. The topological polar surface area (TPSA) is 45.8 Å². The van der Waals surface area contributed by atoms with E-state index >= 15 is 0 Å². The molecule has 0 saturated carbocycles. The summed E-state index contributed by atoms with van der Waals surface area (Å²) < 4.78 is 1.76. The van der Waals surface area contributed by atoms with E-state index in [0.29, 0.717) is 15.7 Å². The van der Waals surface area contributed by atoms with Gasteiger partial charge in [0.15, 0.2) is 0 Å². The number of hydrogen-bond donors (Lipinski definition) is 0. The van der Waals surface area contributed by atoms with Crippen molar-refractivity contribution in [3.63, 3.8) is 0 Å². The molecular weight excluding hydrogens is 255 g/mol. The minimum absolute atomic E-state index is 0.198. The normalized spacial score (nSPS) is 9.77. The van der Waals surface area contributed by atoms with Crippen molar-refractivity contribution in [2.45, 2.75) is 6.92 Å². The van der Waals surface area contributed by atoms with E-state index in [1.54, 1.807) is 14.0 Å². The van der Waals surface area contributed by atoms with Crippen LogP contribution < -0.4 is 5.56 Å². The highest BCUT2D eigenvalue weighted by Crippen LogP contribution is 2.23. The van der Waals surface area contributed by atoms with Crippen molar-refractivity contribution in [2.75, 3.05) is 0 Å². The molecule has 0 fully saturated rings. The molecule has 0 bridgehead atoms. The Labute approximate surface area is 88.7 Å². The molecular formula is C8H6BrClN2O. The quantitative estimate of drug-likeness (QED) is 0.670. The number of aromatic nitrogens is 1. The zero-order valence-corrected chi connectivity index (χ0v) is 9.40. The molecule has 0 radical (unpaired) electrons. The summed E-state index contributed by atoms with van der Waals surface area (Å²) in [6, 6.07) is 1.93. The summed E-state index contributed by atoms with van der Waals surface area (Å²) >= 11 is 8.94. The van der Waals surface area contributed by atoms with E-state index in [-0.39, 0.29) is 10.6 Å². The van der Waals surface area contributed by atoms with Crippen LogP contribution in [0, 0.1) is 18.3 Å². The predicted octanol–water partition coefficient (Wildman–Crippen LogP) is 1.98. The van der Waals surface area contributed by atoms with Gasteiger partial charge in [-0.05, 0) is 22.9 Å². The van der Waals surface area contributed by atoms with Gasteiger partial charge in [-0.15, -0.1) is 0 Å². The molecule has 0 atom stereocenters. The first-order valence-electron chi connectivity index (χ1n) is 3.45. The van der Waals surface area contributed by atoms with Crippen LogP contribution in [0.2, 0.25) is 5.02 Å². The van der Waals surface area contributed by atoms with E-state index in [0.717, 1.165) is 0 Å². The number of hydrogen-bond acceptors (Lipinski definition) is 2. The van der Waals surface area contributed by atoms with Crippen molar-refractivity contribution in [1.82, 2.24) is 4.57 Å². The van der Waals surface area contributed by atoms with Crippen LogP contribution in [0.15, 0.2) is 9.40 Å². The molecule has 0 saturated heterocycles. The number of nitriles is 1. The lowest BCUT2D eigenvalue weighted by atomic mass is 10.2. The molecule has 0 amide bonds. The molecule has 0 aliphatic rings. The van der Waals surface area contributed by atoms with Crippen LogP contribution in [0.1, 0.15) is 11.1 Å². The summed E-state index contributed by atoms with van der Waals surface area (Å²) in [5.41, 5.74) is 0.487. The second-order valence-corrected chi connectivity index (χ2v) is 3.71. The Balaban J connectivity index is 3.80. The van der Waals surface area contributed by atoms with Gasteiger partial charge in [-0.1, -0.05) is 11.6 Å². The maximum atomic E-state index is 11.4. The van der Waals surface area contributed by atoms with Gasteiger partial charge in [-0.3, -0.25) is 4.79 Å². The Morgan fingerprint density at radius 3 is 2.62 bits per heavy atom. The van der Waals surface area contributed by atoms with Crippen LogP contribution in [0.5, 0.6) is 0 Å². The molecule has 0 aliphatic carbocycles. The van der Waals surface area contributed by atoms with E-state index in [2.05, 4.69) is 15.9 Å². The number of nitrogens with zero attached hydrogens (tertiary/aromatic N) is 2. The zero-order chi connectivity index (χ0) is 10.2. The third-order valence-electron chi connectivity index (χ3n) is 1.79. The van der Waals surface area contributed by atoms with Gasteiger partial charge in [0, 0.05) is 12.6 Å². The highest BCUT2D eigenvalue weighted by molar-refractivity contribution is 9.10. The molecule has 0 aliphatic heterocycles. The first kappa shape index (κ1) is 10.3. The minimum atomic E-state index is -0.198. The Hall–Kier alpha value is -0.790. The summed E-state index contributed by atoms with van der Waals surface area (Å²) in [5.74, 6) is 0. The summed E-state index contributed by atoms with van der Waals surface area (Å²) in [5, 5.41) is 8.98. The first-order valence-corrected chi connectivity index (χ1v) is 4.62. The molecule has 1 aromatic rings. The van der Waals surface area contributed by atoms with E-state index < -0.39 is 0 Å². The smallest absolute Gasteiger partial charge is 0.255 e. The zero-order valence-electron chi connectivity index (χ0n) is 7.06. The maximum Gasteiger partial charge on any atom is 0.255 e. The van der Waals surface area contributed by atoms with Crippen LogP contribution in [0.25, 0.3) is 0 Å². The maximum absolute atomic E-state index is 11.4. The monoisotopic (exact) mass is 260 g/mol. The van der Waals surface area contributed by atoms with Crippen molar-refractivity contribution in [3.8, 4) is 6.07 Å². The first-order chi connectivity index (χ1) is 6.00. The summed E-state index contributed by atoms with van der Waals surface area (Å²) in [4.78, 5) is 11.4. The summed E-state index contributed by atoms with van der Waals surface area (Å²) in [6.45, 7) is 1.60. The molecule has 5 heteroatoms. The lowest BCUT2D eigenvalue weighted by molar-refractivity contribution is 0.820. The van der Waals surface area contributed by atoms with Crippen LogP contribution in [0.3, 0.4) is 0 Å². The van der Waals surface area contributed by atoms with E-state index in [4.69, 9.17) is 16.9 Å². The Morgan fingerprint density at radius 2 is 2.15 bits per heavy atom. The third-order valence-corrected chi connectivity index (χ3v) is 3.19. The Kier molecular flexibility index (Phi) is 2.79. The standard InChI is InChI=1S/C8H6BrClN2O/c1-4-6(10)5(3-11)7(9)12(2)8(4)13/h1-2H3. The van der Waals surface area contributed by atoms with Gasteiger partial charge >= 0.3 is 0 Å². The van der Waals surface area contributed by atoms with Crippen LogP contribution in [-0.4, -0.2) is 4.57 Å².